The zero-order valence-corrected chi connectivity index (χ0v) is 13.7. The van der Waals surface area contributed by atoms with Gasteiger partial charge in [0, 0.05) is 34.9 Å². The SMILES string of the molecule is C=C(C)[C@H]1CN(c2ccc(OC)cc2)[C@@H]2SCCS[C@H]12. The first-order valence-electron chi connectivity index (χ1n) is 7.00. The van der Waals surface area contributed by atoms with Crippen LogP contribution in [0.2, 0.25) is 0 Å². The van der Waals surface area contributed by atoms with E-state index in [-0.39, 0.29) is 0 Å². The van der Waals surface area contributed by atoms with Crippen LogP contribution in [0.4, 0.5) is 5.69 Å². The first kappa shape index (κ1) is 14.2. The monoisotopic (exact) mass is 307 g/mol. The largest absolute Gasteiger partial charge is 0.497 e. The molecule has 0 aliphatic carbocycles. The van der Waals surface area contributed by atoms with E-state index in [0.29, 0.717) is 16.5 Å². The maximum absolute atomic E-state index is 5.26. The summed E-state index contributed by atoms with van der Waals surface area (Å²) in [4.78, 5) is 2.56. The van der Waals surface area contributed by atoms with Crippen LogP contribution in [-0.4, -0.2) is 35.8 Å². The number of rotatable bonds is 3. The molecule has 0 saturated carbocycles. The molecule has 0 spiro atoms. The summed E-state index contributed by atoms with van der Waals surface area (Å²) in [6.45, 7) is 7.49. The van der Waals surface area contributed by atoms with Crippen LogP contribution in [0.15, 0.2) is 36.4 Å². The summed E-state index contributed by atoms with van der Waals surface area (Å²) in [5.41, 5.74) is 2.63. The Kier molecular flexibility index (Phi) is 4.22. The zero-order chi connectivity index (χ0) is 14.1. The molecule has 3 atom stereocenters. The Bertz CT molecular complexity index is 488. The zero-order valence-electron chi connectivity index (χ0n) is 12.0. The fourth-order valence-electron chi connectivity index (χ4n) is 2.99. The molecule has 2 saturated heterocycles. The van der Waals surface area contributed by atoms with E-state index in [4.69, 9.17) is 4.74 Å². The molecule has 20 heavy (non-hydrogen) atoms. The van der Waals surface area contributed by atoms with Crippen LogP contribution in [0.3, 0.4) is 0 Å². The Morgan fingerprint density at radius 2 is 1.95 bits per heavy atom. The van der Waals surface area contributed by atoms with Crippen molar-refractivity contribution in [1.82, 2.24) is 0 Å². The highest BCUT2D eigenvalue weighted by molar-refractivity contribution is 8.07. The summed E-state index contributed by atoms with van der Waals surface area (Å²) >= 11 is 4.23. The predicted molar refractivity (Wildman–Crippen MR) is 91.1 cm³/mol. The van der Waals surface area contributed by atoms with Gasteiger partial charge in [0.2, 0.25) is 0 Å². The second-order valence-corrected chi connectivity index (χ2v) is 7.91. The predicted octanol–water partition coefficient (Wildman–Crippen LogP) is 3.88. The van der Waals surface area contributed by atoms with Crippen LogP contribution in [0.25, 0.3) is 0 Å². The second-order valence-electron chi connectivity index (χ2n) is 5.40. The highest BCUT2D eigenvalue weighted by Crippen LogP contribution is 2.46. The average Bonchev–Trinajstić information content (AvgIpc) is 2.87. The van der Waals surface area contributed by atoms with Crippen LogP contribution < -0.4 is 9.64 Å². The molecule has 0 N–H and O–H groups in total. The first-order chi connectivity index (χ1) is 9.70. The second kappa shape index (κ2) is 5.94. The van der Waals surface area contributed by atoms with Gasteiger partial charge in [0.1, 0.15) is 5.75 Å². The standard InChI is InChI=1S/C16H21NOS2/c1-11(2)14-10-17(16-15(14)19-8-9-20-16)12-4-6-13(18-3)7-5-12/h4-7,14-16H,1,8-10H2,2-3H3/t14-,15-,16-/m1/s1. The van der Waals surface area contributed by atoms with E-state index in [1.54, 1.807) is 7.11 Å². The lowest BCUT2D eigenvalue weighted by Gasteiger charge is -2.32. The van der Waals surface area contributed by atoms with Crippen LogP contribution in [0.5, 0.6) is 5.75 Å². The van der Waals surface area contributed by atoms with E-state index in [1.807, 2.05) is 0 Å². The summed E-state index contributed by atoms with van der Waals surface area (Å²) in [5.74, 6) is 4.06. The number of benzene rings is 1. The van der Waals surface area contributed by atoms with Gasteiger partial charge in [-0.05, 0) is 31.2 Å². The quantitative estimate of drug-likeness (QED) is 0.785. The highest BCUT2D eigenvalue weighted by atomic mass is 32.2. The van der Waals surface area contributed by atoms with Crippen molar-refractivity contribution in [3.8, 4) is 5.75 Å². The number of hydrogen-bond acceptors (Lipinski definition) is 4. The van der Waals surface area contributed by atoms with E-state index in [0.717, 1.165) is 12.3 Å². The molecule has 2 aliphatic rings. The minimum absolute atomic E-state index is 0.587. The fraction of sp³-hybridized carbons (Fsp3) is 0.500. The molecule has 2 aliphatic heterocycles. The molecule has 1 aromatic carbocycles. The van der Waals surface area contributed by atoms with Gasteiger partial charge < -0.3 is 9.64 Å². The van der Waals surface area contributed by atoms with Crippen molar-refractivity contribution in [3.63, 3.8) is 0 Å². The van der Waals surface area contributed by atoms with Crippen molar-refractivity contribution in [2.75, 3.05) is 30.1 Å². The Morgan fingerprint density at radius 3 is 2.60 bits per heavy atom. The van der Waals surface area contributed by atoms with Gasteiger partial charge in [-0.2, -0.15) is 11.8 Å². The van der Waals surface area contributed by atoms with Gasteiger partial charge in [-0.3, -0.25) is 0 Å². The Labute approximate surface area is 129 Å². The molecule has 3 rings (SSSR count). The number of thioether (sulfide) groups is 2. The van der Waals surface area contributed by atoms with Crippen molar-refractivity contribution in [1.29, 1.82) is 0 Å². The topological polar surface area (TPSA) is 12.5 Å². The van der Waals surface area contributed by atoms with Crippen molar-refractivity contribution < 1.29 is 4.74 Å². The summed E-state index contributed by atoms with van der Waals surface area (Å²) in [5, 5.41) is 1.28. The molecule has 4 heteroatoms. The van der Waals surface area contributed by atoms with E-state index in [1.165, 1.54) is 22.8 Å². The van der Waals surface area contributed by atoms with Crippen molar-refractivity contribution in [2.45, 2.75) is 17.5 Å². The minimum Gasteiger partial charge on any atom is -0.497 e. The van der Waals surface area contributed by atoms with Crippen LogP contribution in [-0.2, 0) is 0 Å². The van der Waals surface area contributed by atoms with Gasteiger partial charge in [-0.15, -0.1) is 11.8 Å². The van der Waals surface area contributed by atoms with Gasteiger partial charge in [-0.25, -0.2) is 0 Å². The normalized spacial score (nSPS) is 29.1. The van der Waals surface area contributed by atoms with E-state index < -0.39 is 0 Å². The maximum Gasteiger partial charge on any atom is 0.119 e. The van der Waals surface area contributed by atoms with E-state index in [9.17, 15) is 0 Å². The number of anilines is 1. The lowest BCUT2D eigenvalue weighted by molar-refractivity contribution is 0.415. The number of hydrogen-bond donors (Lipinski definition) is 0. The smallest absolute Gasteiger partial charge is 0.119 e. The molecule has 0 unspecified atom stereocenters. The Hall–Kier alpha value is -0.740. The van der Waals surface area contributed by atoms with Crippen molar-refractivity contribution in [2.24, 2.45) is 5.92 Å². The maximum atomic E-state index is 5.26. The van der Waals surface area contributed by atoms with Gasteiger partial charge >= 0.3 is 0 Å². The summed E-state index contributed by atoms with van der Waals surface area (Å²) in [6.07, 6.45) is 0. The fourth-order valence-corrected chi connectivity index (χ4v) is 6.38. The van der Waals surface area contributed by atoms with Crippen molar-refractivity contribution in [3.05, 3.63) is 36.4 Å². The first-order valence-corrected chi connectivity index (χ1v) is 9.10. The minimum atomic E-state index is 0.587. The Balaban J connectivity index is 1.86. The average molecular weight is 307 g/mol. The van der Waals surface area contributed by atoms with Gasteiger partial charge in [-0.1, -0.05) is 12.2 Å². The third-order valence-electron chi connectivity index (χ3n) is 4.10. The number of ether oxygens (including phenoxy) is 1. The molecule has 2 nitrogen and oxygen atoms in total. The highest BCUT2D eigenvalue weighted by Gasteiger charge is 2.44. The molecule has 2 heterocycles. The lowest BCUT2D eigenvalue weighted by Crippen LogP contribution is -2.34. The Morgan fingerprint density at radius 1 is 1.25 bits per heavy atom. The lowest BCUT2D eigenvalue weighted by atomic mass is 10.0. The van der Waals surface area contributed by atoms with Crippen LogP contribution in [0, 0.1) is 5.92 Å². The summed E-state index contributed by atoms with van der Waals surface area (Å²) < 4.78 is 5.26. The van der Waals surface area contributed by atoms with E-state index >= 15 is 0 Å². The van der Waals surface area contributed by atoms with E-state index in [2.05, 4.69) is 66.2 Å². The molecule has 2 fully saturated rings. The van der Waals surface area contributed by atoms with Crippen molar-refractivity contribution >= 4 is 29.2 Å². The van der Waals surface area contributed by atoms with Gasteiger partial charge in [0.15, 0.2) is 0 Å². The molecule has 0 radical (unpaired) electrons. The number of methoxy groups -OCH3 is 1. The molecule has 0 aromatic heterocycles. The molecule has 0 bridgehead atoms. The molecule has 108 valence electrons. The number of nitrogens with zero attached hydrogens (tertiary/aromatic N) is 1. The van der Waals surface area contributed by atoms with Gasteiger partial charge in [0.05, 0.1) is 12.5 Å². The molecule has 1 aromatic rings. The van der Waals surface area contributed by atoms with Crippen LogP contribution >= 0.6 is 23.5 Å². The summed E-state index contributed by atoms with van der Waals surface area (Å²) in [6, 6.07) is 8.46. The third kappa shape index (κ3) is 2.56. The van der Waals surface area contributed by atoms with Gasteiger partial charge in [0.25, 0.3) is 0 Å². The molecular formula is C16H21NOS2. The molecular weight excluding hydrogens is 286 g/mol. The number of fused-ring (bicyclic) bond motifs is 1. The summed E-state index contributed by atoms with van der Waals surface area (Å²) in [7, 11) is 1.71. The third-order valence-corrected chi connectivity index (χ3v) is 7.27. The molecule has 0 amide bonds. The van der Waals surface area contributed by atoms with Crippen LogP contribution in [0.1, 0.15) is 6.92 Å².